The smallest absolute Gasteiger partial charge is 0.364 e. The third-order valence-corrected chi connectivity index (χ3v) is 14.7. The molecule has 5 saturated heterocycles. The first-order valence-electron chi connectivity index (χ1n) is 25.8. The molecule has 0 radical (unpaired) electrons. The minimum atomic E-state index is -3.63. The van der Waals surface area contributed by atoms with E-state index < -0.39 is 271 Å². The first-order valence-corrected chi connectivity index (χ1v) is 25.8. The number of aliphatic hydroxyl groups excluding tert-OH is 19. The average Bonchev–Trinajstić information content (AvgIpc) is 1.22. The van der Waals surface area contributed by atoms with Gasteiger partial charge in [0, 0.05) is 26.2 Å². The van der Waals surface area contributed by atoms with Crippen molar-refractivity contribution in [3.8, 4) is 0 Å². The number of carbonyl (C=O) groups excluding carboxylic acids is 3. The van der Waals surface area contributed by atoms with E-state index in [9.17, 15) is 141 Å². The maximum atomic E-state index is 13.5. The van der Waals surface area contributed by atoms with Gasteiger partial charge in [-0.05, 0) is 0 Å². The van der Waals surface area contributed by atoms with Crippen molar-refractivity contribution < 1.29 is 184 Å². The number of ether oxygens (including phenoxy) is 9. The molecule has 5 rings (SSSR count). The zero-order valence-electron chi connectivity index (χ0n) is 44.5. The van der Waals surface area contributed by atoms with E-state index in [1.54, 1.807) is 0 Å². The monoisotopic (exact) mass is 1250 g/mol. The van der Waals surface area contributed by atoms with Crippen molar-refractivity contribution in [3.05, 3.63) is 0 Å². The molecule has 5 aliphatic rings. The summed E-state index contributed by atoms with van der Waals surface area (Å²) in [6.45, 7) is -8.56. The lowest BCUT2D eigenvalue weighted by Crippen LogP contribution is -2.72. The molecule has 5 heterocycles. The molecule has 0 saturated carbocycles. The van der Waals surface area contributed by atoms with Crippen molar-refractivity contribution in [1.82, 2.24) is 16.0 Å². The van der Waals surface area contributed by atoms with Gasteiger partial charge in [-0.1, -0.05) is 0 Å². The number of rotatable bonds is 27. The Balaban J connectivity index is 1.53. The summed E-state index contributed by atoms with van der Waals surface area (Å²) in [4.78, 5) is 77.4. The fourth-order valence-corrected chi connectivity index (χ4v) is 10.3. The third kappa shape index (κ3) is 15.4. The van der Waals surface area contributed by atoms with Gasteiger partial charge in [-0.2, -0.15) is 0 Å². The van der Waals surface area contributed by atoms with Crippen molar-refractivity contribution in [2.75, 3.05) is 46.2 Å². The second kappa shape index (κ2) is 29.8. The molecule has 5 aliphatic heterocycles. The van der Waals surface area contributed by atoms with Crippen LogP contribution in [0, 0.1) is 0 Å². The fourth-order valence-electron chi connectivity index (χ4n) is 10.3. The van der Waals surface area contributed by atoms with E-state index in [2.05, 4.69) is 5.32 Å². The van der Waals surface area contributed by atoms with Crippen LogP contribution < -0.4 is 16.0 Å². The molecule has 0 aromatic carbocycles. The van der Waals surface area contributed by atoms with Crippen LogP contribution in [-0.2, 0) is 71.4 Å². The number of nitrogens with one attached hydrogen (secondary N) is 3. The van der Waals surface area contributed by atoms with E-state index in [-0.39, 0.29) is 0 Å². The topological polar surface area (TPSA) is 667 Å². The number of hydrogen-bond acceptors (Lipinski definition) is 34. The predicted molar refractivity (Wildman–Crippen MR) is 256 cm³/mol. The minimum Gasteiger partial charge on any atom is -0.477 e. The Morgan fingerprint density at radius 2 is 0.918 bits per heavy atom. The van der Waals surface area contributed by atoms with Crippen molar-refractivity contribution >= 4 is 35.6 Å². The predicted octanol–water partition coefficient (Wildman–Crippen LogP) is -15.9. The van der Waals surface area contributed by atoms with Crippen molar-refractivity contribution in [3.63, 3.8) is 0 Å². The summed E-state index contributed by atoms with van der Waals surface area (Å²) in [5, 5.41) is 241. The maximum Gasteiger partial charge on any atom is 0.364 e. The molecule has 0 aromatic heterocycles. The molecule has 0 unspecified atom stereocenters. The lowest BCUT2D eigenvalue weighted by Gasteiger charge is -2.51. The van der Waals surface area contributed by atoms with Gasteiger partial charge in [-0.25, -0.2) is 14.4 Å². The van der Waals surface area contributed by atoms with Crippen molar-refractivity contribution in [2.45, 2.75) is 196 Å². The van der Waals surface area contributed by atoms with Crippen LogP contribution in [0.2, 0.25) is 0 Å². The standard InChI is InChI=1S/C45H73N3O37/c1-12(56)46-23-13(57)4-45(42(75)76,85-37-27(64)17(6-50)78-39(32(37)69)79-33-20(9-53)77-38(70)31(68)30(33)67)84-35(23)28(65)18(7-51)81-44(41(73)74)3-15(59)25(48-22(62)11-55)36(83-44)29(66)19(8-52)80-43(40(71)72)2-14(58)24(47-21(61)10-54)34(82-43)26(63)16(60)5-49/h13-20,23-39,49-55,57-60,63-70H,2-11H2,1H3,(H,46,56)(H,47,61)(H,48,62)(H,71,72)(H,73,74)(H,75,76)/t13-,14-,15-,16+,17+,18+,19+,20+,23+,24+,25+,26+,27-,28+,29+,30+,31+,32+,33+,34+,35+,36+,37-,38+,39-,43+,44+,45-/m0/s1. The number of aliphatic carboxylic acids is 3. The van der Waals surface area contributed by atoms with Crippen LogP contribution in [0.4, 0.5) is 0 Å². The molecule has 490 valence electrons. The van der Waals surface area contributed by atoms with Crippen LogP contribution in [0.25, 0.3) is 0 Å². The third-order valence-electron chi connectivity index (χ3n) is 14.7. The quantitative estimate of drug-likeness (QED) is 0.0363. The number of carbonyl (C=O) groups is 6. The molecule has 5 fully saturated rings. The normalized spacial score (nSPS) is 41.0. The number of aliphatic hydroxyl groups is 19. The summed E-state index contributed by atoms with van der Waals surface area (Å²) in [6.07, 6.45) is -55.5. The van der Waals surface area contributed by atoms with E-state index in [4.69, 9.17) is 42.6 Å². The summed E-state index contributed by atoms with van der Waals surface area (Å²) in [7, 11) is 0. The van der Waals surface area contributed by atoms with Crippen LogP contribution in [-0.4, -0.2) is 364 Å². The first-order chi connectivity index (χ1) is 39.8. The van der Waals surface area contributed by atoms with Crippen LogP contribution in [0.5, 0.6) is 0 Å². The fraction of sp³-hybridized carbons (Fsp3) is 0.867. The molecular formula is C45H73N3O37. The average molecular weight is 1250 g/mol. The van der Waals surface area contributed by atoms with Gasteiger partial charge >= 0.3 is 17.9 Å². The number of amides is 3. The molecule has 0 spiro atoms. The summed E-state index contributed by atoms with van der Waals surface area (Å²) < 4.78 is 49.8. The molecule has 0 aliphatic carbocycles. The highest BCUT2D eigenvalue weighted by Crippen LogP contribution is 2.42. The van der Waals surface area contributed by atoms with E-state index in [0.29, 0.717) is 0 Å². The molecule has 28 atom stereocenters. The summed E-state index contributed by atoms with van der Waals surface area (Å²) in [6, 6.07) is -6.20. The first kappa shape index (κ1) is 71.5. The van der Waals surface area contributed by atoms with Crippen LogP contribution in [0.15, 0.2) is 0 Å². The summed E-state index contributed by atoms with van der Waals surface area (Å²) in [5.41, 5.74) is 0. The maximum absolute atomic E-state index is 13.5. The zero-order valence-corrected chi connectivity index (χ0v) is 44.5. The molecular weight excluding hydrogens is 1170 g/mol. The summed E-state index contributed by atoms with van der Waals surface area (Å²) >= 11 is 0. The SMILES string of the molecule is CC(=O)N[C@H]1[C@H]([C@H](O)[C@@H](CO)O[C@]2(C(=O)O)C[C@H](O)[C@@H](NC(=O)CO)[C@H]([C@H](O)[C@@H](CO)O[C@]3(C(=O)O)C[C@H](O)[C@@H](NC(=O)CO)[C@H]([C@H](O)[C@H](O)CO)O3)O2)O[C@@](O[C@H]2[C@@H](O)[C@@H](CO)O[C@@H](O[C@H]3[C@H](O)[C@@H](O)[C@H](O)O[C@@H]3CO)[C@@H]2O)(C(=O)O)C[C@@H]1O. The molecule has 3 amide bonds. The van der Waals surface area contributed by atoms with Crippen LogP contribution in [0.3, 0.4) is 0 Å². The van der Waals surface area contributed by atoms with Gasteiger partial charge in [0.05, 0.1) is 69.5 Å². The van der Waals surface area contributed by atoms with Gasteiger partial charge in [0.1, 0.15) is 117 Å². The van der Waals surface area contributed by atoms with Gasteiger partial charge in [-0.15, -0.1) is 0 Å². The van der Waals surface area contributed by atoms with E-state index in [0.717, 1.165) is 6.92 Å². The van der Waals surface area contributed by atoms with E-state index in [1.165, 1.54) is 0 Å². The van der Waals surface area contributed by atoms with Gasteiger partial charge in [0.25, 0.3) is 17.4 Å². The highest BCUT2D eigenvalue weighted by Gasteiger charge is 2.64. The highest BCUT2D eigenvalue weighted by atomic mass is 16.8. The molecule has 0 aromatic rings. The van der Waals surface area contributed by atoms with E-state index in [1.807, 2.05) is 10.6 Å². The van der Waals surface area contributed by atoms with Crippen LogP contribution in [0.1, 0.15) is 26.2 Å². The van der Waals surface area contributed by atoms with Crippen molar-refractivity contribution in [1.29, 1.82) is 0 Å². The van der Waals surface area contributed by atoms with Gasteiger partial charge < -0.3 is 171 Å². The lowest BCUT2D eigenvalue weighted by molar-refractivity contribution is -0.387. The highest BCUT2D eigenvalue weighted by molar-refractivity contribution is 5.79. The molecule has 85 heavy (non-hydrogen) atoms. The number of hydrogen-bond donors (Lipinski definition) is 25. The van der Waals surface area contributed by atoms with E-state index >= 15 is 0 Å². The number of carboxylic acids is 3. The van der Waals surface area contributed by atoms with Crippen molar-refractivity contribution in [2.24, 2.45) is 0 Å². The Hall–Kier alpha value is -4.30. The van der Waals surface area contributed by atoms with Gasteiger partial charge in [0.2, 0.25) is 17.7 Å². The molecule has 0 bridgehead atoms. The van der Waals surface area contributed by atoms with Gasteiger partial charge in [0.15, 0.2) is 12.6 Å². The Labute approximate surface area is 477 Å². The molecule has 40 heteroatoms. The Kier molecular flexibility index (Phi) is 25.1. The minimum absolute atomic E-state index is 0.835. The largest absolute Gasteiger partial charge is 0.477 e. The molecule has 25 N–H and O–H groups in total. The zero-order chi connectivity index (χ0) is 64.0. The van der Waals surface area contributed by atoms with Gasteiger partial charge in [-0.3, -0.25) is 14.4 Å². The second-order valence-electron chi connectivity index (χ2n) is 20.5. The number of carboxylic acid groups (broad SMARTS) is 3. The second-order valence-corrected chi connectivity index (χ2v) is 20.5. The Bertz CT molecular complexity index is 2260. The summed E-state index contributed by atoms with van der Waals surface area (Å²) in [5.74, 6) is -21.2. The lowest BCUT2D eigenvalue weighted by atomic mass is 9.86. The van der Waals surface area contributed by atoms with Crippen LogP contribution >= 0.6 is 0 Å². The Morgan fingerprint density at radius 3 is 1.31 bits per heavy atom. The Morgan fingerprint density at radius 1 is 0.506 bits per heavy atom. The molecule has 40 nitrogen and oxygen atoms in total.